The maximum absolute atomic E-state index is 13.2. The van der Waals surface area contributed by atoms with Gasteiger partial charge in [0.1, 0.15) is 18.2 Å². The zero-order valence-corrected chi connectivity index (χ0v) is 19.5. The van der Waals surface area contributed by atoms with Gasteiger partial charge in [-0.2, -0.15) is 0 Å². The number of nitrogens with zero attached hydrogens (tertiary/aromatic N) is 1. The molecule has 0 N–H and O–H groups in total. The van der Waals surface area contributed by atoms with Gasteiger partial charge in [0.15, 0.2) is 27.1 Å². The number of Topliss-reactive ketones (excluding diaryl/α,β-unsaturated/α-hetero) is 1. The molecule has 0 saturated carbocycles. The lowest BCUT2D eigenvalue weighted by molar-refractivity contribution is 0.0637. The molecule has 0 bridgehead atoms. The second-order valence-electron chi connectivity index (χ2n) is 8.50. The van der Waals surface area contributed by atoms with E-state index in [0.29, 0.717) is 48.3 Å². The fourth-order valence-electron chi connectivity index (χ4n) is 4.66. The minimum atomic E-state index is -2.99. The molecule has 0 spiro atoms. The Morgan fingerprint density at radius 1 is 1.12 bits per heavy atom. The number of methoxy groups -OCH3 is 2. The van der Waals surface area contributed by atoms with Gasteiger partial charge in [0.25, 0.3) is 0 Å². The summed E-state index contributed by atoms with van der Waals surface area (Å²) in [6, 6.07) is 7.12. The standard InChI is InChI=1S/C24H25NO7S/c1-14-23-16(11-25(13-31-23)17-6-7-33(27,28)12-17)10-18-22(26)21(32-24(14)18)9-15-4-5-19(29-2)20(8-15)30-3/h4-5,8-10,17H,6-7,11-13H2,1-3H3/b21-9-. The van der Waals surface area contributed by atoms with Gasteiger partial charge in [0.05, 0.1) is 31.3 Å². The molecule has 1 fully saturated rings. The number of carbonyl (C=O) groups excluding carboxylic acids is 1. The molecule has 1 saturated heterocycles. The van der Waals surface area contributed by atoms with Crippen LogP contribution in [0.15, 0.2) is 30.0 Å². The van der Waals surface area contributed by atoms with E-state index >= 15 is 0 Å². The number of sulfone groups is 1. The quantitative estimate of drug-likeness (QED) is 0.629. The average molecular weight is 472 g/mol. The summed E-state index contributed by atoms with van der Waals surface area (Å²) >= 11 is 0. The predicted octanol–water partition coefficient (Wildman–Crippen LogP) is 2.97. The Morgan fingerprint density at radius 3 is 2.61 bits per heavy atom. The predicted molar refractivity (Wildman–Crippen MR) is 122 cm³/mol. The van der Waals surface area contributed by atoms with Crippen molar-refractivity contribution in [2.45, 2.75) is 25.9 Å². The molecular formula is C24H25NO7S. The van der Waals surface area contributed by atoms with E-state index in [2.05, 4.69) is 0 Å². The van der Waals surface area contributed by atoms with Crippen molar-refractivity contribution in [1.29, 1.82) is 0 Å². The third-order valence-electron chi connectivity index (χ3n) is 6.39. The Morgan fingerprint density at radius 2 is 1.91 bits per heavy atom. The summed E-state index contributed by atoms with van der Waals surface area (Å²) in [4.78, 5) is 15.2. The molecule has 3 aliphatic rings. The van der Waals surface area contributed by atoms with E-state index < -0.39 is 9.84 Å². The van der Waals surface area contributed by atoms with Crippen LogP contribution < -0.4 is 18.9 Å². The molecule has 0 aromatic heterocycles. The van der Waals surface area contributed by atoms with Gasteiger partial charge in [-0.05, 0) is 43.2 Å². The van der Waals surface area contributed by atoms with Crippen molar-refractivity contribution in [3.63, 3.8) is 0 Å². The summed E-state index contributed by atoms with van der Waals surface area (Å²) in [5.41, 5.74) is 2.87. The van der Waals surface area contributed by atoms with Crippen molar-refractivity contribution in [3.05, 3.63) is 52.3 Å². The minimum Gasteiger partial charge on any atom is -0.493 e. The molecule has 2 aromatic carbocycles. The van der Waals surface area contributed by atoms with E-state index in [1.807, 2.05) is 24.0 Å². The number of hydrogen-bond acceptors (Lipinski definition) is 8. The summed E-state index contributed by atoms with van der Waals surface area (Å²) < 4.78 is 46.4. The topological polar surface area (TPSA) is 91.4 Å². The molecule has 1 atom stereocenters. The molecule has 0 aliphatic carbocycles. The van der Waals surface area contributed by atoms with E-state index in [0.717, 1.165) is 16.7 Å². The van der Waals surface area contributed by atoms with Crippen LogP contribution in [0.4, 0.5) is 0 Å². The summed E-state index contributed by atoms with van der Waals surface area (Å²) in [5, 5.41) is 0. The molecule has 3 aliphatic heterocycles. The lowest BCUT2D eigenvalue weighted by Crippen LogP contribution is -2.41. The lowest BCUT2D eigenvalue weighted by atomic mass is 9.99. The second kappa shape index (κ2) is 8.07. The maximum atomic E-state index is 13.2. The fraction of sp³-hybridized carbons (Fsp3) is 0.375. The van der Waals surface area contributed by atoms with Crippen LogP contribution in [0.3, 0.4) is 0 Å². The van der Waals surface area contributed by atoms with Crippen molar-refractivity contribution in [3.8, 4) is 23.0 Å². The van der Waals surface area contributed by atoms with Crippen LogP contribution >= 0.6 is 0 Å². The SMILES string of the molecule is COc1ccc(/C=C2\Oc3c(cc4c(c3C)OCN(C3CCS(=O)(=O)C3)C4)C2=O)cc1OC. The molecule has 33 heavy (non-hydrogen) atoms. The summed E-state index contributed by atoms with van der Waals surface area (Å²) in [6.45, 7) is 2.72. The van der Waals surface area contributed by atoms with Gasteiger partial charge in [0.2, 0.25) is 5.78 Å². The highest BCUT2D eigenvalue weighted by Crippen LogP contribution is 2.44. The van der Waals surface area contributed by atoms with Crippen LogP contribution in [0, 0.1) is 6.92 Å². The van der Waals surface area contributed by atoms with Crippen molar-refractivity contribution in [2.75, 3.05) is 32.5 Å². The van der Waals surface area contributed by atoms with Gasteiger partial charge in [-0.15, -0.1) is 0 Å². The van der Waals surface area contributed by atoms with E-state index in [4.69, 9.17) is 18.9 Å². The largest absolute Gasteiger partial charge is 0.493 e. The fourth-order valence-corrected chi connectivity index (χ4v) is 6.42. The van der Waals surface area contributed by atoms with Crippen LogP contribution in [-0.4, -0.2) is 57.6 Å². The Balaban J connectivity index is 1.43. The number of rotatable bonds is 4. The highest BCUT2D eigenvalue weighted by molar-refractivity contribution is 7.91. The third-order valence-corrected chi connectivity index (χ3v) is 8.15. The van der Waals surface area contributed by atoms with Gasteiger partial charge < -0.3 is 18.9 Å². The Labute approximate surface area is 192 Å². The lowest BCUT2D eigenvalue weighted by Gasteiger charge is -2.33. The van der Waals surface area contributed by atoms with Gasteiger partial charge in [-0.1, -0.05) is 6.07 Å². The molecule has 8 nitrogen and oxygen atoms in total. The summed E-state index contributed by atoms with van der Waals surface area (Å²) in [7, 11) is 0.130. The molecule has 3 heterocycles. The van der Waals surface area contributed by atoms with Gasteiger partial charge >= 0.3 is 0 Å². The Bertz CT molecular complexity index is 1280. The molecule has 1 unspecified atom stereocenters. The number of ketones is 1. The molecule has 0 amide bonds. The van der Waals surface area contributed by atoms with Crippen LogP contribution in [0.1, 0.15) is 33.5 Å². The highest BCUT2D eigenvalue weighted by Gasteiger charge is 2.37. The first-order chi connectivity index (χ1) is 15.8. The number of ether oxygens (including phenoxy) is 4. The van der Waals surface area contributed by atoms with Gasteiger partial charge in [-0.3, -0.25) is 9.69 Å². The highest BCUT2D eigenvalue weighted by atomic mass is 32.2. The average Bonchev–Trinajstić information content (AvgIpc) is 3.33. The zero-order valence-electron chi connectivity index (χ0n) is 18.7. The van der Waals surface area contributed by atoms with Crippen molar-refractivity contribution >= 4 is 21.7 Å². The third kappa shape index (κ3) is 3.85. The second-order valence-corrected chi connectivity index (χ2v) is 10.7. The van der Waals surface area contributed by atoms with E-state index in [-0.39, 0.29) is 29.1 Å². The summed E-state index contributed by atoms with van der Waals surface area (Å²) in [5.74, 6) is 2.74. The molecule has 9 heteroatoms. The van der Waals surface area contributed by atoms with Crippen molar-refractivity contribution < 1.29 is 32.2 Å². The Hall–Kier alpha value is -3.04. The monoisotopic (exact) mass is 471 g/mol. The Kier molecular flexibility index (Phi) is 5.33. The molecule has 0 radical (unpaired) electrons. The zero-order chi connectivity index (χ0) is 23.3. The van der Waals surface area contributed by atoms with E-state index in [1.54, 1.807) is 32.4 Å². The first kappa shape index (κ1) is 21.8. The van der Waals surface area contributed by atoms with Crippen molar-refractivity contribution in [2.24, 2.45) is 0 Å². The van der Waals surface area contributed by atoms with E-state index in [9.17, 15) is 13.2 Å². The number of carbonyl (C=O) groups is 1. The first-order valence-corrected chi connectivity index (χ1v) is 12.5. The van der Waals surface area contributed by atoms with Crippen LogP contribution in [-0.2, 0) is 16.4 Å². The van der Waals surface area contributed by atoms with Crippen LogP contribution in [0.5, 0.6) is 23.0 Å². The van der Waals surface area contributed by atoms with Crippen LogP contribution in [0.25, 0.3) is 6.08 Å². The minimum absolute atomic E-state index is 0.0656. The van der Waals surface area contributed by atoms with E-state index in [1.165, 1.54) is 0 Å². The molecule has 2 aromatic rings. The van der Waals surface area contributed by atoms with Crippen molar-refractivity contribution in [1.82, 2.24) is 4.90 Å². The number of fused-ring (bicyclic) bond motifs is 2. The first-order valence-electron chi connectivity index (χ1n) is 10.7. The normalized spacial score (nSPS) is 22.5. The molecular weight excluding hydrogens is 446 g/mol. The number of hydrogen-bond donors (Lipinski definition) is 0. The maximum Gasteiger partial charge on any atom is 0.231 e. The summed E-state index contributed by atoms with van der Waals surface area (Å²) in [6.07, 6.45) is 2.28. The molecule has 174 valence electrons. The smallest absolute Gasteiger partial charge is 0.231 e. The molecule has 5 rings (SSSR count). The van der Waals surface area contributed by atoms with Gasteiger partial charge in [0, 0.05) is 23.7 Å². The number of allylic oxidation sites excluding steroid dienone is 1. The van der Waals surface area contributed by atoms with Gasteiger partial charge in [-0.25, -0.2) is 8.42 Å². The number of benzene rings is 2. The van der Waals surface area contributed by atoms with Crippen LogP contribution in [0.2, 0.25) is 0 Å².